The smallest absolute Gasteiger partial charge is 0.369 e. The topological polar surface area (TPSA) is 96.5 Å². The van der Waals surface area contributed by atoms with Crippen molar-refractivity contribution in [1.82, 2.24) is 0 Å². The minimum Gasteiger partial charge on any atom is -0.369 e. The van der Waals surface area contributed by atoms with E-state index in [0.29, 0.717) is 0 Å². The van der Waals surface area contributed by atoms with Crippen LogP contribution in [0.5, 0.6) is 0 Å². The first kappa shape index (κ1) is 33.4. The van der Waals surface area contributed by atoms with Crippen molar-refractivity contribution in [3.05, 3.63) is 87.9 Å². The van der Waals surface area contributed by atoms with Crippen molar-refractivity contribution in [3.8, 4) is 0 Å². The highest BCUT2D eigenvalue weighted by Crippen LogP contribution is 2.65. The molecule has 4 rings (SSSR count). The second kappa shape index (κ2) is 12.9. The molecule has 3 amide bonds. The number of carbonyl (C=O) groups is 3. The van der Waals surface area contributed by atoms with Crippen LogP contribution in [0.1, 0.15) is 41.3 Å². The molecule has 0 saturated heterocycles. The average molecular weight is 679 g/mol. The summed E-state index contributed by atoms with van der Waals surface area (Å²) in [5.41, 5.74) is -2.29. The van der Waals surface area contributed by atoms with Crippen molar-refractivity contribution < 1.29 is 41.1 Å². The van der Waals surface area contributed by atoms with Crippen LogP contribution in [-0.2, 0) is 20.5 Å². The molecule has 0 spiro atoms. The summed E-state index contributed by atoms with van der Waals surface area (Å²) in [6.07, 6.45) is -5.62. The summed E-state index contributed by atoms with van der Waals surface area (Å²) < 4.78 is 72.4. The second-order valence-corrected chi connectivity index (χ2v) is 11.6. The first-order valence-electron chi connectivity index (χ1n) is 12.9. The molecule has 7 nitrogen and oxygen atoms in total. The van der Waals surface area contributed by atoms with E-state index >= 15 is 4.39 Å². The van der Waals surface area contributed by atoms with E-state index in [2.05, 4.69) is 16.0 Å². The Bertz CT molecular complexity index is 1620. The van der Waals surface area contributed by atoms with Gasteiger partial charge in [0.25, 0.3) is 11.8 Å². The van der Waals surface area contributed by atoms with E-state index in [1.54, 1.807) is 6.92 Å². The predicted molar refractivity (Wildman–Crippen MR) is 156 cm³/mol. The van der Waals surface area contributed by atoms with Crippen LogP contribution in [0.4, 0.5) is 39.0 Å². The highest BCUT2D eigenvalue weighted by atomic mass is 35.5. The first-order valence-corrected chi connectivity index (χ1v) is 14.1. The highest BCUT2D eigenvalue weighted by molar-refractivity contribution is 6.53. The third-order valence-corrected chi connectivity index (χ3v) is 8.03. The minimum atomic E-state index is -4.61. The van der Waals surface area contributed by atoms with Crippen molar-refractivity contribution in [1.29, 1.82) is 0 Å². The molecule has 3 N–H and O–H groups in total. The molecule has 1 saturated carbocycles. The van der Waals surface area contributed by atoms with Crippen LogP contribution in [-0.4, -0.2) is 34.8 Å². The maximum absolute atomic E-state index is 15.1. The first-order chi connectivity index (χ1) is 20.6. The van der Waals surface area contributed by atoms with Gasteiger partial charge in [0.05, 0.1) is 27.8 Å². The lowest BCUT2D eigenvalue weighted by Gasteiger charge is -2.15. The van der Waals surface area contributed by atoms with E-state index in [0.717, 1.165) is 30.3 Å². The summed E-state index contributed by atoms with van der Waals surface area (Å²) in [4.78, 5) is 38.3. The molecule has 44 heavy (non-hydrogen) atoms. The Kier molecular flexibility index (Phi) is 9.79. The standard InChI is InChI=1S/C29H23Cl3F5N3O4/c1-3-44-13(2)25(41)40-24-19(33)9-10-20(23(24)34)39-26(42)17-12-16(7-8-18(17)30)38-27(43)22-21(28(22,31)32)14-5-4-6-15(11-14)29(35,36)37/h4-13,21-22H,3H2,1-2H3,(H,38,43)(H,39,42)(H,40,41)/t13?,21-,22?/m0/s1. The number of carbonyl (C=O) groups excluding carboxylic acids is 3. The lowest BCUT2D eigenvalue weighted by molar-refractivity contribution is -0.137. The largest absolute Gasteiger partial charge is 0.416 e. The summed E-state index contributed by atoms with van der Waals surface area (Å²) in [5.74, 6) is -6.95. The van der Waals surface area contributed by atoms with Gasteiger partial charge in [-0.2, -0.15) is 13.2 Å². The highest BCUT2D eigenvalue weighted by Gasteiger charge is 2.67. The summed E-state index contributed by atoms with van der Waals surface area (Å²) in [6.45, 7) is 3.22. The summed E-state index contributed by atoms with van der Waals surface area (Å²) in [5, 5.41) is 6.75. The van der Waals surface area contributed by atoms with E-state index in [1.165, 1.54) is 31.2 Å². The average Bonchev–Trinajstić information content (AvgIpc) is 3.54. The molecule has 1 fully saturated rings. The van der Waals surface area contributed by atoms with Gasteiger partial charge in [-0.25, -0.2) is 8.78 Å². The Labute approximate surface area is 263 Å². The van der Waals surface area contributed by atoms with Crippen molar-refractivity contribution in [2.45, 2.75) is 36.4 Å². The maximum atomic E-state index is 15.1. The fourth-order valence-corrected chi connectivity index (χ4v) is 5.51. The number of anilines is 3. The molecule has 2 unspecified atom stereocenters. The summed E-state index contributed by atoms with van der Waals surface area (Å²) in [7, 11) is 0. The molecule has 0 heterocycles. The van der Waals surface area contributed by atoms with Gasteiger partial charge in [-0.1, -0.05) is 29.8 Å². The molecule has 3 atom stereocenters. The normalized spacial score (nSPS) is 17.9. The number of hydrogen-bond acceptors (Lipinski definition) is 4. The zero-order chi connectivity index (χ0) is 32.6. The number of rotatable bonds is 9. The van der Waals surface area contributed by atoms with Gasteiger partial charge < -0.3 is 20.7 Å². The number of alkyl halides is 5. The third-order valence-electron chi connectivity index (χ3n) is 6.76. The number of benzene rings is 3. The number of hydrogen-bond donors (Lipinski definition) is 3. The Morgan fingerprint density at radius 2 is 1.70 bits per heavy atom. The van der Waals surface area contributed by atoms with E-state index in [1.807, 2.05) is 0 Å². The fraction of sp³-hybridized carbons (Fsp3) is 0.276. The van der Waals surface area contributed by atoms with Gasteiger partial charge in [0.2, 0.25) is 5.91 Å². The molecule has 0 aliphatic heterocycles. The summed E-state index contributed by atoms with van der Waals surface area (Å²) >= 11 is 18.7. The monoisotopic (exact) mass is 677 g/mol. The third kappa shape index (κ3) is 7.09. The van der Waals surface area contributed by atoms with Crippen LogP contribution >= 0.6 is 34.8 Å². The SMILES string of the molecule is CCOC(C)C(=O)Nc1c(F)ccc(NC(=O)c2cc(NC(=O)C3[C@H](c4cccc(C(F)(F)F)c4)C3(Cl)Cl)ccc2Cl)c1F. The van der Waals surface area contributed by atoms with E-state index in [4.69, 9.17) is 39.5 Å². The quantitative estimate of drug-likeness (QED) is 0.159. The molecule has 3 aromatic rings. The van der Waals surface area contributed by atoms with Crippen LogP contribution in [0.15, 0.2) is 54.6 Å². The van der Waals surface area contributed by atoms with Crippen LogP contribution in [0, 0.1) is 17.6 Å². The van der Waals surface area contributed by atoms with Crippen LogP contribution in [0.3, 0.4) is 0 Å². The van der Waals surface area contributed by atoms with Crippen molar-refractivity contribution in [3.63, 3.8) is 0 Å². The van der Waals surface area contributed by atoms with Gasteiger partial charge in [0.15, 0.2) is 5.82 Å². The Morgan fingerprint density at radius 3 is 2.36 bits per heavy atom. The minimum absolute atomic E-state index is 0.0424. The second-order valence-electron chi connectivity index (χ2n) is 9.76. The summed E-state index contributed by atoms with van der Waals surface area (Å²) in [6, 6.07) is 9.84. The molecule has 0 radical (unpaired) electrons. The predicted octanol–water partition coefficient (Wildman–Crippen LogP) is 7.78. The molecule has 234 valence electrons. The zero-order valence-corrected chi connectivity index (χ0v) is 25.1. The molecule has 1 aliphatic carbocycles. The van der Waals surface area contributed by atoms with E-state index < -0.39 is 74.7 Å². The van der Waals surface area contributed by atoms with Gasteiger partial charge in [-0.3, -0.25) is 14.4 Å². The Balaban J connectivity index is 1.50. The van der Waals surface area contributed by atoms with E-state index in [9.17, 15) is 31.9 Å². The fourth-order valence-electron chi connectivity index (χ4n) is 4.48. The van der Waals surface area contributed by atoms with Gasteiger partial charge in [-0.05, 0) is 55.8 Å². The number of nitrogens with one attached hydrogen (secondary N) is 3. The van der Waals surface area contributed by atoms with Crippen LogP contribution in [0.2, 0.25) is 5.02 Å². The van der Waals surface area contributed by atoms with Crippen molar-refractivity contribution >= 4 is 69.6 Å². The van der Waals surface area contributed by atoms with Gasteiger partial charge in [-0.15, -0.1) is 23.2 Å². The number of ether oxygens (including phenoxy) is 1. The number of amides is 3. The van der Waals surface area contributed by atoms with Crippen LogP contribution in [0.25, 0.3) is 0 Å². The molecule has 0 bridgehead atoms. The van der Waals surface area contributed by atoms with E-state index in [-0.39, 0.29) is 28.4 Å². The van der Waals surface area contributed by atoms with Gasteiger partial charge >= 0.3 is 6.18 Å². The molecular weight excluding hydrogens is 656 g/mol. The zero-order valence-electron chi connectivity index (χ0n) is 22.8. The van der Waals surface area contributed by atoms with Crippen molar-refractivity contribution in [2.75, 3.05) is 22.6 Å². The maximum Gasteiger partial charge on any atom is 0.416 e. The molecule has 1 aliphatic rings. The van der Waals surface area contributed by atoms with Crippen LogP contribution < -0.4 is 16.0 Å². The molecule has 3 aromatic carbocycles. The van der Waals surface area contributed by atoms with Gasteiger partial charge in [0.1, 0.15) is 21.9 Å². The Hall–Kier alpha value is -3.45. The van der Waals surface area contributed by atoms with Crippen molar-refractivity contribution in [2.24, 2.45) is 5.92 Å². The Morgan fingerprint density at radius 1 is 1.00 bits per heavy atom. The van der Waals surface area contributed by atoms with Gasteiger partial charge in [0, 0.05) is 18.2 Å². The molecular formula is C29H23Cl3F5N3O4. The number of halogens is 8. The lowest BCUT2D eigenvalue weighted by atomic mass is 10.1. The molecule has 15 heteroatoms. The lowest BCUT2D eigenvalue weighted by Crippen LogP contribution is -2.28. The molecule has 0 aromatic heterocycles.